The third-order valence-corrected chi connectivity index (χ3v) is 5.90. The van der Waals surface area contributed by atoms with Crippen LogP contribution in [0.25, 0.3) is 10.8 Å². The first-order chi connectivity index (χ1) is 15.7. The van der Waals surface area contributed by atoms with E-state index in [2.05, 4.69) is 16.0 Å². The average molecular weight is 473 g/mol. The number of benzene rings is 2. The fourth-order valence-electron chi connectivity index (χ4n) is 3.07. The van der Waals surface area contributed by atoms with Crippen LogP contribution in [0.4, 0.5) is 0 Å². The molecule has 0 saturated heterocycles. The van der Waals surface area contributed by atoms with Crippen LogP contribution in [-0.4, -0.2) is 42.9 Å². The smallest absolute Gasteiger partial charge is 0.290 e. The van der Waals surface area contributed by atoms with Gasteiger partial charge < -0.3 is 4.74 Å². The van der Waals surface area contributed by atoms with Crippen molar-refractivity contribution in [1.82, 2.24) is 20.6 Å². The molecule has 3 rings (SSSR count). The minimum absolute atomic E-state index is 0.0354. The Morgan fingerprint density at radius 1 is 1.03 bits per heavy atom. The Morgan fingerprint density at radius 2 is 1.70 bits per heavy atom. The maximum Gasteiger partial charge on any atom is 0.290 e. The minimum Gasteiger partial charge on any atom is -0.494 e. The molecule has 0 spiro atoms. The van der Waals surface area contributed by atoms with Crippen LogP contribution in [0.1, 0.15) is 30.3 Å². The lowest BCUT2D eigenvalue weighted by atomic mass is 10.1. The normalized spacial score (nSPS) is 11.2. The second kappa shape index (κ2) is 10.3. The van der Waals surface area contributed by atoms with Crippen molar-refractivity contribution in [2.75, 3.05) is 12.9 Å². The van der Waals surface area contributed by atoms with Gasteiger partial charge in [0.2, 0.25) is 5.91 Å². The van der Waals surface area contributed by atoms with Gasteiger partial charge in [0.1, 0.15) is 5.75 Å². The summed E-state index contributed by atoms with van der Waals surface area (Å²) in [6.45, 7) is 2.27. The molecule has 0 radical (unpaired) electrons. The second-order valence-electron chi connectivity index (χ2n) is 7.21. The molecule has 174 valence electrons. The van der Waals surface area contributed by atoms with Crippen molar-refractivity contribution in [1.29, 1.82) is 0 Å². The zero-order chi connectivity index (χ0) is 24.0. The largest absolute Gasteiger partial charge is 0.494 e. The van der Waals surface area contributed by atoms with Crippen molar-refractivity contribution >= 4 is 32.4 Å². The number of ether oxygens (including phenoxy) is 1. The van der Waals surface area contributed by atoms with Crippen molar-refractivity contribution in [2.24, 2.45) is 0 Å². The van der Waals surface area contributed by atoms with E-state index in [-0.39, 0.29) is 29.2 Å². The summed E-state index contributed by atoms with van der Waals surface area (Å²) in [5.41, 5.74) is 4.40. The van der Waals surface area contributed by atoms with Gasteiger partial charge in [-0.2, -0.15) is 5.10 Å². The molecule has 3 aromatic rings. The SMILES string of the molecule is CCn1nc(C(=O)NNC(=O)CCCOc2ccc(S(C)(=O)=O)cc2)c2ccccc2c1=O. The number of hydrogen-bond donors (Lipinski definition) is 2. The van der Waals surface area contributed by atoms with Gasteiger partial charge in [0.15, 0.2) is 15.5 Å². The first-order valence-electron chi connectivity index (χ1n) is 10.2. The van der Waals surface area contributed by atoms with Gasteiger partial charge in [-0.05, 0) is 43.7 Å². The van der Waals surface area contributed by atoms with Gasteiger partial charge >= 0.3 is 0 Å². The molecule has 2 amide bonds. The van der Waals surface area contributed by atoms with Gasteiger partial charge in [0, 0.05) is 24.6 Å². The standard InChI is InChI=1S/C22H24N4O6S/c1-3-26-22(29)18-8-5-4-7-17(18)20(25-26)21(28)24-23-19(27)9-6-14-32-15-10-12-16(13-11-15)33(2,30)31/h4-5,7-8,10-13H,3,6,9,14H2,1-2H3,(H,23,27)(H,24,28). The zero-order valence-corrected chi connectivity index (χ0v) is 19.0. The molecule has 0 aliphatic rings. The van der Waals surface area contributed by atoms with Gasteiger partial charge in [0.05, 0.1) is 16.9 Å². The van der Waals surface area contributed by atoms with Crippen LogP contribution < -0.4 is 21.1 Å². The number of rotatable bonds is 8. The molecule has 0 saturated carbocycles. The van der Waals surface area contributed by atoms with Crippen molar-refractivity contribution in [2.45, 2.75) is 31.2 Å². The summed E-state index contributed by atoms with van der Waals surface area (Å²) in [5, 5.41) is 4.88. The third kappa shape index (κ3) is 5.95. The van der Waals surface area contributed by atoms with Crippen LogP contribution in [0.3, 0.4) is 0 Å². The Balaban J connectivity index is 1.51. The monoisotopic (exact) mass is 472 g/mol. The Hall–Kier alpha value is -3.73. The van der Waals surface area contributed by atoms with E-state index >= 15 is 0 Å². The molecular formula is C22H24N4O6S. The maximum atomic E-state index is 12.6. The van der Waals surface area contributed by atoms with Crippen LogP contribution in [0.2, 0.25) is 0 Å². The molecule has 0 aliphatic heterocycles. The molecule has 11 heteroatoms. The summed E-state index contributed by atoms with van der Waals surface area (Å²) in [4.78, 5) is 37.2. The molecule has 0 bridgehead atoms. The molecule has 2 N–H and O–H groups in total. The van der Waals surface area contributed by atoms with Crippen molar-refractivity contribution in [3.8, 4) is 5.75 Å². The quantitative estimate of drug-likeness (QED) is 0.374. The summed E-state index contributed by atoms with van der Waals surface area (Å²) >= 11 is 0. The van der Waals surface area contributed by atoms with E-state index in [1.54, 1.807) is 43.3 Å². The predicted molar refractivity (Wildman–Crippen MR) is 122 cm³/mol. The molecule has 2 aromatic carbocycles. The van der Waals surface area contributed by atoms with E-state index in [0.717, 1.165) is 6.26 Å². The highest BCUT2D eigenvalue weighted by Crippen LogP contribution is 2.16. The van der Waals surface area contributed by atoms with Crippen LogP contribution in [0, 0.1) is 0 Å². The number of sulfone groups is 1. The van der Waals surface area contributed by atoms with E-state index in [4.69, 9.17) is 4.74 Å². The molecule has 1 heterocycles. The molecule has 10 nitrogen and oxygen atoms in total. The lowest BCUT2D eigenvalue weighted by Gasteiger charge is -2.11. The Bertz CT molecular complexity index is 1330. The van der Waals surface area contributed by atoms with Gasteiger partial charge in [-0.3, -0.25) is 25.2 Å². The summed E-state index contributed by atoms with van der Waals surface area (Å²) < 4.78 is 29.6. The molecule has 0 fully saturated rings. The number of aromatic nitrogens is 2. The van der Waals surface area contributed by atoms with Gasteiger partial charge in [-0.25, -0.2) is 13.1 Å². The van der Waals surface area contributed by atoms with Gasteiger partial charge in [-0.15, -0.1) is 0 Å². The fourth-order valence-corrected chi connectivity index (χ4v) is 3.70. The molecular weight excluding hydrogens is 448 g/mol. The second-order valence-corrected chi connectivity index (χ2v) is 9.23. The fraction of sp³-hybridized carbons (Fsp3) is 0.273. The highest BCUT2D eigenvalue weighted by molar-refractivity contribution is 7.90. The number of aryl methyl sites for hydroxylation is 1. The highest BCUT2D eigenvalue weighted by atomic mass is 32.2. The Kier molecular flexibility index (Phi) is 7.44. The average Bonchev–Trinajstić information content (AvgIpc) is 2.80. The number of nitrogens with zero attached hydrogens (tertiary/aromatic N) is 2. The number of hydrazine groups is 1. The predicted octanol–water partition coefficient (Wildman–Crippen LogP) is 1.44. The lowest BCUT2D eigenvalue weighted by molar-refractivity contribution is -0.122. The number of fused-ring (bicyclic) bond motifs is 1. The molecule has 0 aliphatic carbocycles. The van der Waals surface area contributed by atoms with E-state index < -0.39 is 21.7 Å². The molecule has 1 aromatic heterocycles. The number of amides is 2. The maximum absolute atomic E-state index is 12.6. The third-order valence-electron chi connectivity index (χ3n) is 4.77. The number of hydrogen-bond acceptors (Lipinski definition) is 7. The Labute approximate surface area is 190 Å². The van der Waals surface area contributed by atoms with Gasteiger partial charge in [0.25, 0.3) is 11.5 Å². The van der Waals surface area contributed by atoms with Crippen LogP contribution in [0.5, 0.6) is 5.75 Å². The van der Waals surface area contributed by atoms with Gasteiger partial charge in [-0.1, -0.05) is 18.2 Å². The number of carbonyl (C=O) groups excluding carboxylic acids is 2. The Morgan fingerprint density at radius 3 is 2.33 bits per heavy atom. The van der Waals surface area contributed by atoms with E-state index in [1.165, 1.54) is 16.8 Å². The van der Waals surface area contributed by atoms with E-state index in [9.17, 15) is 22.8 Å². The molecule has 33 heavy (non-hydrogen) atoms. The summed E-state index contributed by atoms with van der Waals surface area (Å²) in [6, 6.07) is 12.6. The topological polar surface area (TPSA) is 136 Å². The minimum atomic E-state index is -3.27. The van der Waals surface area contributed by atoms with Crippen LogP contribution in [0.15, 0.2) is 58.2 Å². The summed E-state index contributed by atoms with van der Waals surface area (Å²) in [7, 11) is -3.27. The van der Waals surface area contributed by atoms with Crippen molar-refractivity contribution in [3.63, 3.8) is 0 Å². The van der Waals surface area contributed by atoms with E-state index in [1.807, 2.05) is 0 Å². The first kappa shape index (κ1) is 23.9. The summed E-state index contributed by atoms with van der Waals surface area (Å²) in [6.07, 6.45) is 1.58. The lowest BCUT2D eigenvalue weighted by Crippen LogP contribution is -2.42. The number of nitrogens with one attached hydrogen (secondary N) is 2. The molecule has 0 unspecified atom stereocenters. The zero-order valence-electron chi connectivity index (χ0n) is 18.2. The molecule has 0 atom stereocenters. The van der Waals surface area contributed by atoms with Crippen molar-refractivity contribution < 1.29 is 22.7 Å². The van der Waals surface area contributed by atoms with Crippen molar-refractivity contribution in [3.05, 3.63) is 64.6 Å². The highest BCUT2D eigenvalue weighted by Gasteiger charge is 2.16. The van der Waals surface area contributed by atoms with E-state index in [0.29, 0.717) is 29.5 Å². The first-order valence-corrected chi connectivity index (χ1v) is 12.1. The van der Waals surface area contributed by atoms with Crippen LogP contribution in [-0.2, 0) is 21.2 Å². The number of carbonyl (C=O) groups is 2. The summed E-state index contributed by atoms with van der Waals surface area (Å²) in [5.74, 6) is -0.573. The van der Waals surface area contributed by atoms with Crippen LogP contribution >= 0.6 is 0 Å².